The fourth-order valence-corrected chi connectivity index (χ4v) is 4.24. The third-order valence-corrected chi connectivity index (χ3v) is 5.21. The third kappa shape index (κ3) is 1.78. The van der Waals surface area contributed by atoms with Crippen LogP contribution in [0, 0.1) is 22.7 Å². The van der Waals surface area contributed by atoms with Gasteiger partial charge in [0.1, 0.15) is 12.6 Å². The second-order valence-electron chi connectivity index (χ2n) is 6.57. The van der Waals surface area contributed by atoms with Crippen LogP contribution in [0.2, 0.25) is 0 Å². The first-order valence-electron chi connectivity index (χ1n) is 6.56. The topological polar surface area (TPSA) is 34.1 Å². The zero-order chi connectivity index (χ0) is 12.7. The highest BCUT2D eigenvalue weighted by molar-refractivity contribution is 5.82. The first-order chi connectivity index (χ1) is 7.95. The molecule has 0 bridgehead atoms. The normalized spacial score (nSPS) is 40.1. The fourth-order valence-electron chi connectivity index (χ4n) is 4.24. The molecule has 0 aromatic carbocycles. The molecule has 0 amide bonds. The van der Waals surface area contributed by atoms with Gasteiger partial charge in [-0.2, -0.15) is 0 Å². The molecule has 2 heteroatoms. The van der Waals surface area contributed by atoms with Gasteiger partial charge in [0.25, 0.3) is 0 Å². The van der Waals surface area contributed by atoms with Gasteiger partial charge in [0.2, 0.25) is 0 Å². The molecule has 2 aliphatic carbocycles. The van der Waals surface area contributed by atoms with E-state index in [9.17, 15) is 9.59 Å². The SMILES string of the molecule is CC1(C)CCC[C@@]2(C)[C@H](C=O)C(C=O)=CC[C@@H]12. The highest BCUT2D eigenvalue weighted by Gasteiger charge is 2.52. The summed E-state index contributed by atoms with van der Waals surface area (Å²) in [4.78, 5) is 22.5. The second-order valence-corrected chi connectivity index (χ2v) is 6.57. The van der Waals surface area contributed by atoms with Gasteiger partial charge in [-0.3, -0.25) is 4.79 Å². The van der Waals surface area contributed by atoms with E-state index < -0.39 is 0 Å². The number of carbonyl (C=O) groups excluding carboxylic acids is 2. The van der Waals surface area contributed by atoms with Crippen molar-refractivity contribution in [3.05, 3.63) is 11.6 Å². The van der Waals surface area contributed by atoms with E-state index in [0.717, 1.165) is 31.8 Å². The first kappa shape index (κ1) is 12.5. The molecular formula is C15H22O2. The number of fused-ring (bicyclic) bond motifs is 1. The van der Waals surface area contributed by atoms with Gasteiger partial charge < -0.3 is 4.79 Å². The fraction of sp³-hybridized carbons (Fsp3) is 0.733. The molecular weight excluding hydrogens is 212 g/mol. The average Bonchev–Trinajstić information content (AvgIpc) is 2.26. The van der Waals surface area contributed by atoms with Crippen LogP contribution >= 0.6 is 0 Å². The molecule has 17 heavy (non-hydrogen) atoms. The molecule has 0 aromatic rings. The Hall–Kier alpha value is -0.920. The molecule has 0 aliphatic heterocycles. The van der Waals surface area contributed by atoms with Crippen LogP contribution in [0.1, 0.15) is 46.5 Å². The van der Waals surface area contributed by atoms with Crippen molar-refractivity contribution in [3.63, 3.8) is 0 Å². The van der Waals surface area contributed by atoms with E-state index in [1.165, 1.54) is 6.42 Å². The maximum Gasteiger partial charge on any atom is 0.146 e. The molecule has 1 saturated carbocycles. The van der Waals surface area contributed by atoms with E-state index in [0.29, 0.717) is 11.5 Å². The van der Waals surface area contributed by atoms with Crippen molar-refractivity contribution in [3.8, 4) is 0 Å². The van der Waals surface area contributed by atoms with Crippen molar-refractivity contribution in [1.29, 1.82) is 0 Å². The minimum absolute atomic E-state index is 0.0194. The molecule has 0 N–H and O–H groups in total. The highest BCUT2D eigenvalue weighted by atomic mass is 16.1. The molecule has 0 heterocycles. The van der Waals surface area contributed by atoms with E-state index >= 15 is 0 Å². The van der Waals surface area contributed by atoms with E-state index in [4.69, 9.17) is 0 Å². The number of hydrogen-bond donors (Lipinski definition) is 0. The maximum atomic E-state index is 11.4. The quantitative estimate of drug-likeness (QED) is 0.688. The van der Waals surface area contributed by atoms with Crippen LogP contribution in [0.5, 0.6) is 0 Å². The van der Waals surface area contributed by atoms with Gasteiger partial charge in [-0.1, -0.05) is 33.3 Å². The predicted molar refractivity (Wildman–Crippen MR) is 67.5 cm³/mol. The van der Waals surface area contributed by atoms with E-state index in [-0.39, 0.29) is 16.7 Å². The lowest BCUT2D eigenvalue weighted by atomic mass is 9.49. The highest BCUT2D eigenvalue weighted by Crippen LogP contribution is 2.58. The Balaban J connectivity index is 2.45. The molecule has 0 spiro atoms. The summed E-state index contributed by atoms with van der Waals surface area (Å²) in [5.41, 5.74) is 0.963. The van der Waals surface area contributed by atoms with Crippen molar-refractivity contribution in [1.82, 2.24) is 0 Å². The molecule has 94 valence electrons. The van der Waals surface area contributed by atoms with Gasteiger partial charge >= 0.3 is 0 Å². The molecule has 1 fully saturated rings. The zero-order valence-electron chi connectivity index (χ0n) is 11.0. The van der Waals surface area contributed by atoms with Gasteiger partial charge in [-0.05, 0) is 41.6 Å². The van der Waals surface area contributed by atoms with Crippen LogP contribution in [0.4, 0.5) is 0 Å². The Bertz CT molecular complexity index is 367. The lowest BCUT2D eigenvalue weighted by molar-refractivity contribution is -0.122. The molecule has 0 saturated heterocycles. The van der Waals surface area contributed by atoms with Crippen molar-refractivity contribution in [2.45, 2.75) is 46.5 Å². The van der Waals surface area contributed by atoms with Crippen LogP contribution in [-0.2, 0) is 9.59 Å². The lowest BCUT2D eigenvalue weighted by Gasteiger charge is -2.55. The first-order valence-corrected chi connectivity index (χ1v) is 6.56. The molecule has 0 unspecified atom stereocenters. The van der Waals surface area contributed by atoms with E-state index in [1.807, 2.05) is 6.08 Å². The number of rotatable bonds is 2. The molecule has 2 aliphatic rings. The predicted octanol–water partition coefficient (Wildman–Crippen LogP) is 3.16. The van der Waals surface area contributed by atoms with Gasteiger partial charge in [0, 0.05) is 5.92 Å². The zero-order valence-corrected chi connectivity index (χ0v) is 11.0. The minimum atomic E-state index is -0.196. The Morgan fingerprint density at radius 2 is 1.94 bits per heavy atom. The summed E-state index contributed by atoms with van der Waals surface area (Å²) in [6.07, 6.45) is 8.26. The van der Waals surface area contributed by atoms with Crippen LogP contribution < -0.4 is 0 Å². The van der Waals surface area contributed by atoms with Gasteiger partial charge in [0.05, 0.1) is 0 Å². The third-order valence-electron chi connectivity index (χ3n) is 5.21. The van der Waals surface area contributed by atoms with Crippen LogP contribution in [-0.4, -0.2) is 12.6 Å². The number of hydrogen-bond acceptors (Lipinski definition) is 2. The molecule has 0 aromatic heterocycles. The number of aldehydes is 2. The summed E-state index contributed by atoms with van der Waals surface area (Å²) in [7, 11) is 0. The van der Waals surface area contributed by atoms with Gasteiger partial charge in [0.15, 0.2) is 0 Å². The van der Waals surface area contributed by atoms with Crippen molar-refractivity contribution in [2.24, 2.45) is 22.7 Å². The van der Waals surface area contributed by atoms with Crippen LogP contribution in [0.15, 0.2) is 11.6 Å². The summed E-state index contributed by atoms with van der Waals surface area (Å²) in [5.74, 6) is 0.320. The summed E-state index contributed by atoms with van der Waals surface area (Å²) >= 11 is 0. The summed E-state index contributed by atoms with van der Waals surface area (Å²) < 4.78 is 0. The standard InChI is InChI=1S/C15H22O2/c1-14(2)7-4-8-15(3)12(10-17)11(9-16)5-6-13(14)15/h5,9-10,12-13H,4,6-8H2,1-3H3/t12-,13+,15+/m1/s1. The molecule has 0 radical (unpaired) electrons. The minimum Gasteiger partial charge on any atom is -0.303 e. The summed E-state index contributed by atoms with van der Waals surface area (Å²) in [5, 5.41) is 0. The van der Waals surface area contributed by atoms with Crippen molar-refractivity contribution in [2.75, 3.05) is 0 Å². The second kappa shape index (κ2) is 4.08. The van der Waals surface area contributed by atoms with Crippen LogP contribution in [0.25, 0.3) is 0 Å². The number of carbonyl (C=O) groups is 2. The smallest absolute Gasteiger partial charge is 0.146 e. The average molecular weight is 234 g/mol. The largest absolute Gasteiger partial charge is 0.303 e. The number of allylic oxidation sites excluding steroid dienone is 2. The maximum absolute atomic E-state index is 11.4. The summed E-state index contributed by atoms with van der Waals surface area (Å²) in [6.45, 7) is 6.81. The Morgan fingerprint density at radius 1 is 1.24 bits per heavy atom. The van der Waals surface area contributed by atoms with Crippen molar-refractivity contribution >= 4 is 12.6 Å². The van der Waals surface area contributed by atoms with E-state index in [2.05, 4.69) is 20.8 Å². The molecule has 3 atom stereocenters. The van der Waals surface area contributed by atoms with E-state index in [1.54, 1.807) is 0 Å². The molecule has 2 rings (SSSR count). The molecule has 2 nitrogen and oxygen atoms in total. The lowest BCUT2D eigenvalue weighted by Crippen LogP contribution is -2.49. The van der Waals surface area contributed by atoms with Gasteiger partial charge in [-0.25, -0.2) is 0 Å². The van der Waals surface area contributed by atoms with Crippen molar-refractivity contribution < 1.29 is 9.59 Å². The van der Waals surface area contributed by atoms with Gasteiger partial charge in [-0.15, -0.1) is 0 Å². The Morgan fingerprint density at radius 3 is 2.53 bits per heavy atom. The monoisotopic (exact) mass is 234 g/mol. The Labute approximate surface area is 103 Å². The summed E-state index contributed by atoms with van der Waals surface area (Å²) in [6, 6.07) is 0. The van der Waals surface area contributed by atoms with Crippen LogP contribution in [0.3, 0.4) is 0 Å². The Kier molecular flexibility index (Phi) is 3.01.